The van der Waals surface area contributed by atoms with E-state index in [0.29, 0.717) is 29.9 Å². The maximum Gasteiger partial charge on any atom is 0.146 e. The monoisotopic (exact) mass is 197 g/mol. The quantitative estimate of drug-likeness (QED) is 0.493. The second-order valence-corrected chi connectivity index (χ2v) is 4.16. The molecule has 2 nitrogen and oxygen atoms in total. The molecule has 0 bridgehead atoms. The molecule has 0 aromatic heterocycles. The van der Waals surface area contributed by atoms with Crippen LogP contribution in [0.15, 0.2) is 0 Å². The van der Waals surface area contributed by atoms with Crippen LogP contribution in [0.4, 0.5) is 0 Å². The minimum absolute atomic E-state index is 0.323. The van der Waals surface area contributed by atoms with Gasteiger partial charge >= 0.3 is 0 Å². The van der Waals surface area contributed by atoms with Gasteiger partial charge in [-0.1, -0.05) is 23.2 Å². The van der Waals surface area contributed by atoms with Crippen LogP contribution in [0.2, 0.25) is 0 Å². The molecule has 0 saturated carbocycles. The van der Waals surface area contributed by atoms with Crippen LogP contribution in [0.5, 0.6) is 0 Å². The molecule has 0 aliphatic carbocycles. The van der Waals surface area contributed by atoms with Gasteiger partial charge in [0, 0.05) is 6.42 Å². The van der Waals surface area contributed by atoms with E-state index in [4.69, 9.17) is 32.9 Å². The van der Waals surface area contributed by atoms with Crippen molar-refractivity contribution < 1.29 is 4.43 Å². The maximum atomic E-state index is 8.20. The van der Waals surface area contributed by atoms with Gasteiger partial charge in [-0.25, -0.2) is 0 Å². The standard InChI is InChI=1S/C5H9Cl2NOSi/c6-5(7,4-9-10)2-1-3-8/h1-2,4H2,10H3. The molecule has 5 heteroatoms. The highest BCUT2D eigenvalue weighted by Crippen LogP contribution is 2.26. The zero-order valence-corrected chi connectivity index (χ0v) is 9.24. The highest BCUT2D eigenvalue weighted by molar-refractivity contribution is 6.48. The van der Waals surface area contributed by atoms with E-state index < -0.39 is 4.33 Å². The van der Waals surface area contributed by atoms with E-state index in [0.717, 1.165) is 0 Å². The number of alkyl halides is 2. The molecule has 0 radical (unpaired) electrons. The van der Waals surface area contributed by atoms with Gasteiger partial charge < -0.3 is 4.43 Å². The van der Waals surface area contributed by atoms with Crippen molar-refractivity contribution in [2.24, 2.45) is 0 Å². The fourth-order valence-electron chi connectivity index (χ4n) is 0.522. The van der Waals surface area contributed by atoms with Crippen molar-refractivity contribution in [1.29, 1.82) is 5.26 Å². The summed E-state index contributed by atoms with van der Waals surface area (Å²) in [5, 5.41) is 8.20. The number of hydrogen-bond acceptors (Lipinski definition) is 2. The first-order valence-corrected chi connectivity index (χ1v) is 4.43. The van der Waals surface area contributed by atoms with Crippen LogP contribution in [0.3, 0.4) is 0 Å². The predicted octanol–water partition coefficient (Wildman–Crippen LogP) is 0.761. The van der Waals surface area contributed by atoms with E-state index >= 15 is 0 Å². The van der Waals surface area contributed by atoms with Crippen molar-refractivity contribution in [2.45, 2.75) is 17.2 Å². The highest BCUT2D eigenvalue weighted by atomic mass is 35.5. The van der Waals surface area contributed by atoms with E-state index in [1.165, 1.54) is 0 Å². The summed E-state index contributed by atoms with van der Waals surface area (Å²) in [5.74, 6) is 0. The number of rotatable bonds is 4. The van der Waals surface area contributed by atoms with Gasteiger partial charge in [-0.3, -0.25) is 0 Å². The summed E-state index contributed by atoms with van der Waals surface area (Å²) in [6.07, 6.45) is 0.840. The molecule has 58 valence electrons. The summed E-state index contributed by atoms with van der Waals surface area (Å²) < 4.78 is 4.01. The maximum absolute atomic E-state index is 8.20. The Bertz CT molecular complexity index is 134. The van der Waals surface area contributed by atoms with Gasteiger partial charge in [-0.2, -0.15) is 5.26 Å². The second-order valence-electron chi connectivity index (χ2n) is 1.95. The molecule has 10 heavy (non-hydrogen) atoms. The Kier molecular flexibility index (Phi) is 5.09. The topological polar surface area (TPSA) is 33.0 Å². The van der Waals surface area contributed by atoms with Crippen molar-refractivity contribution >= 4 is 33.7 Å². The molecule has 0 aliphatic rings. The van der Waals surface area contributed by atoms with E-state index in [2.05, 4.69) is 0 Å². The van der Waals surface area contributed by atoms with Crippen LogP contribution < -0.4 is 0 Å². The van der Waals surface area contributed by atoms with Gasteiger partial charge in [0.15, 0.2) is 0 Å². The first kappa shape index (κ1) is 10.2. The summed E-state index contributed by atoms with van der Waals surface area (Å²) in [5.41, 5.74) is 0. The molecule has 0 unspecified atom stereocenters. The zero-order valence-electron chi connectivity index (χ0n) is 5.73. The molecule has 0 spiro atoms. The average molecular weight is 198 g/mol. The number of nitriles is 1. The molecule has 0 aromatic carbocycles. The third-order valence-electron chi connectivity index (χ3n) is 0.958. The largest absolute Gasteiger partial charge is 0.425 e. The number of nitrogens with zero attached hydrogens (tertiary/aromatic N) is 1. The second kappa shape index (κ2) is 4.97. The molecule has 0 atom stereocenters. The van der Waals surface area contributed by atoms with Crippen molar-refractivity contribution in [1.82, 2.24) is 0 Å². The van der Waals surface area contributed by atoms with Gasteiger partial charge in [0.05, 0.1) is 12.7 Å². The molecular weight excluding hydrogens is 189 g/mol. The third kappa shape index (κ3) is 5.07. The smallest absolute Gasteiger partial charge is 0.146 e. The lowest BCUT2D eigenvalue weighted by Gasteiger charge is -2.16. The van der Waals surface area contributed by atoms with E-state index in [1.807, 2.05) is 6.07 Å². The Labute approximate surface area is 73.6 Å². The lowest BCUT2D eigenvalue weighted by atomic mass is 10.2. The lowest BCUT2D eigenvalue weighted by Crippen LogP contribution is -2.19. The Morgan fingerprint density at radius 2 is 2.20 bits per heavy atom. The molecule has 0 amide bonds. The van der Waals surface area contributed by atoms with Crippen molar-refractivity contribution in [3.05, 3.63) is 0 Å². The van der Waals surface area contributed by atoms with Crippen molar-refractivity contribution in [3.8, 4) is 6.07 Å². The molecule has 0 saturated heterocycles. The Morgan fingerprint density at radius 1 is 1.60 bits per heavy atom. The lowest BCUT2D eigenvalue weighted by molar-refractivity contribution is 0.325. The van der Waals surface area contributed by atoms with Crippen LogP contribution in [0.1, 0.15) is 12.8 Å². The van der Waals surface area contributed by atoms with Crippen LogP contribution in [-0.4, -0.2) is 21.4 Å². The van der Waals surface area contributed by atoms with Gasteiger partial charge in [0.1, 0.15) is 14.8 Å². The predicted molar refractivity (Wildman–Crippen MR) is 45.2 cm³/mol. The normalized spacial score (nSPS) is 11.3. The van der Waals surface area contributed by atoms with Crippen LogP contribution in [-0.2, 0) is 4.43 Å². The number of hydrogen-bond donors (Lipinski definition) is 0. The Balaban J connectivity index is 3.54. The Hall–Kier alpha value is 0.247. The highest BCUT2D eigenvalue weighted by Gasteiger charge is 2.22. The summed E-state index contributed by atoms with van der Waals surface area (Å²) in [7, 11) is 0.627. The van der Waals surface area contributed by atoms with Gasteiger partial charge in [-0.05, 0) is 6.42 Å². The van der Waals surface area contributed by atoms with Crippen LogP contribution >= 0.6 is 23.2 Å². The van der Waals surface area contributed by atoms with Crippen molar-refractivity contribution in [3.63, 3.8) is 0 Å². The molecule has 0 N–H and O–H groups in total. The summed E-state index contributed by atoms with van der Waals surface area (Å²) >= 11 is 11.5. The minimum Gasteiger partial charge on any atom is -0.425 e. The molecule has 0 heterocycles. The first-order valence-electron chi connectivity index (χ1n) is 2.86. The molecular formula is C5H9Cl2NOSi. The SMILES string of the molecule is N#CCCC(Cl)(Cl)CO[SiH3]. The van der Waals surface area contributed by atoms with Crippen molar-refractivity contribution in [2.75, 3.05) is 6.61 Å². The van der Waals surface area contributed by atoms with Gasteiger partial charge in [0.2, 0.25) is 0 Å². The molecule has 0 aromatic rings. The van der Waals surface area contributed by atoms with Gasteiger partial charge in [0.25, 0.3) is 0 Å². The number of halogens is 2. The van der Waals surface area contributed by atoms with E-state index in [1.54, 1.807) is 0 Å². The van der Waals surface area contributed by atoms with E-state index in [-0.39, 0.29) is 0 Å². The molecule has 0 fully saturated rings. The zero-order chi connectivity index (χ0) is 8.04. The fraction of sp³-hybridized carbons (Fsp3) is 0.800. The minimum atomic E-state index is -0.864. The van der Waals surface area contributed by atoms with Crippen LogP contribution in [0.25, 0.3) is 0 Å². The van der Waals surface area contributed by atoms with Gasteiger partial charge in [-0.15, -0.1) is 0 Å². The first-order chi connectivity index (χ1) is 4.62. The van der Waals surface area contributed by atoms with Crippen LogP contribution in [0, 0.1) is 11.3 Å². The summed E-state index contributed by atoms with van der Waals surface area (Å²) in [6.45, 7) is 0.323. The fourth-order valence-corrected chi connectivity index (χ4v) is 1.79. The molecule has 0 rings (SSSR count). The van der Waals surface area contributed by atoms with E-state index in [9.17, 15) is 0 Å². The summed E-state index contributed by atoms with van der Waals surface area (Å²) in [6, 6.07) is 1.97. The summed E-state index contributed by atoms with van der Waals surface area (Å²) in [4.78, 5) is 0. The third-order valence-corrected chi connectivity index (χ3v) is 1.84. The molecule has 0 aliphatic heterocycles. The average Bonchev–Trinajstić information content (AvgIpc) is 1.84. The Morgan fingerprint density at radius 3 is 2.60 bits per heavy atom.